The second-order valence-electron chi connectivity index (χ2n) is 4.97. The van der Waals surface area contributed by atoms with Gasteiger partial charge < -0.3 is 5.32 Å². The Morgan fingerprint density at radius 2 is 2.06 bits per heavy atom. The maximum absolute atomic E-state index is 12.0. The highest BCUT2D eigenvalue weighted by Crippen LogP contribution is 2.26. The molecule has 0 atom stereocenters. The first-order valence-electron chi connectivity index (χ1n) is 6.65. The lowest BCUT2D eigenvalue weighted by Gasteiger charge is -2.14. The van der Waals surface area contributed by atoms with Gasteiger partial charge in [0.2, 0.25) is 5.91 Å². The second kappa shape index (κ2) is 6.88. The van der Waals surface area contributed by atoms with E-state index in [9.17, 15) is 4.79 Å². The summed E-state index contributed by atoms with van der Waals surface area (Å²) < 4.78 is 0.833. The van der Waals surface area contributed by atoms with Crippen molar-refractivity contribution in [3.05, 3.63) is 22.9 Å². The molecule has 18 heavy (non-hydrogen) atoms. The van der Waals surface area contributed by atoms with Crippen LogP contribution in [0.3, 0.4) is 0 Å². The summed E-state index contributed by atoms with van der Waals surface area (Å²) in [6.45, 7) is 0. The van der Waals surface area contributed by atoms with Gasteiger partial charge in [-0.15, -0.1) is 0 Å². The maximum Gasteiger partial charge on any atom is 0.224 e. The van der Waals surface area contributed by atoms with Crippen LogP contribution in [0.15, 0.2) is 22.9 Å². The van der Waals surface area contributed by atoms with Gasteiger partial charge in [-0.05, 0) is 40.8 Å². The van der Waals surface area contributed by atoms with Crippen molar-refractivity contribution in [3.63, 3.8) is 0 Å². The third-order valence-electron chi connectivity index (χ3n) is 3.50. The zero-order valence-electron chi connectivity index (χ0n) is 10.5. The summed E-state index contributed by atoms with van der Waals surface area (Å²) in [6.07, 6.45) is 11.6. The molecule has 1 saturated carbocycles. The Morgan fingerprint density at radius 1 is 1.33 bits per heavy atom. The smallest absolute Gasteiger partial charge is 0.224 e. The number of carbonyl (C=O) groups excluding carboxylic acids is 1. The monoisotopic (exact) mass is 310 g/mol. The Kier molecular flexibility index (Phi) is 5.17. The van der Waals surface area contributed by atoms with Gasteiger partial charge in [0.15, 0.2) is 0 Å². The number of anilines is 1. The normalized spacial score (nSPS) is 17.2. The molecule has 0 unspecified atom stereocenters. The standard InChI is InChI=1S/C14H19BrN2O/c15-12-10-16-8-7-13(12)17-14(18)9-11-5-3-1-2-4-6-11/h7-8,10-11H,1-6,9H2,(H,16,17,18). The van der Waals surface area contributed by atoms with Crippen LogP contribution in [0.2, 0.25) is 0 Å². The predicted octanol–water partition coefficient (Wildman–Crippen LogP) is 4.14. The molecule has 0 radical (unpaired) electrons. The van der Waals surface area contributed by atoms with Crippen molar-refractivity contribution in [1.82, 2.24) is 4.98 Å². The molecular weight excluding hydrogens is 292 g/mol. The first-order valence-corrected chi connectivity index (χ1v) is 7.44. The Hall–Kier alpha value is -0.900. The van der Waals surface area contributed by atoms with Gasteiger partial charge in [0, 0.05) is 18.8 Å². The van der Waals surface area contributed by atoms with E-state index in [1.54, 1.807) is 12.4 Å². The quantitative estimate of drug-likeness (QED) is 0.852. The minimum atomic E-state index is 0.119. The highest BCUT2D eigenvalue weighted by molar-refractivity contribution is 9.10. The molecule has 0 aliphatic heterocycles. The molecule has 1 aliphatic carbocycles. The summed E-state index contributed by atoms with van der Waals surface area (Å²) >= 11 is 3.39. The van der Waals surface area contributed by atoms with Crippen molar-refractivity contribution in [1.29, 1.82) is 0 Å². The molecule has 1 aromatic heterocycles. The van der Waals surface area contributed by atoms with Crippen molar-refractivity contribution in [2.75, 3.05) is 5.32 Å². The summed E-state index contributed by atoms with van der Waals surface area (Å²) in [5, 5.41) is 2.95. The van der Waals surface area contributed by atoms with E-state index in [1.807, 2.05) is 6.07 Å². The van der Waals surface area contributed by atoms with Gasteiger partial charge >= 0.3 is 0 Å². The minimum Gasteiger partial charge on any atom is -0.325 e. The van der Waals surface area contributed by atoms with Crippen molar-refractivity contribution in [2.24, 2.45) is 5.92 Å². The van der Waals surface area contributed by atoms with Crippen LogP contribution in [0.25, 0.3) is 0 Å². The lowest BCUT2D eigenvalue weighted by Crippen LogP contribution is -2.16. The van der Waals surface area contributed by atoms with Gasteiger partial charge in [0.05, 0.1) is 10.2 Å². The third kappa shape index (κ3) is 4.09. The maximum atomic E-state index is 12.0. The molecule has 0 spiro atoms. The number of rotatable bonds is 3. The number of hydrogen-bond donors (Lipinski definition) is 1. The summed E-state index contributed by atoms with van der Waals surface area (Å²) in [6, 6.07) is 1.81. The molecule has 0 aromatic carbocycles. The van der Waals surface area contributed by atoms with Gasteiger partial charge in [0.25, 0.3) is 0 Å². The zero-order chi connectivity index (χ0) is 12.8. The highest BCUT2D eigenvalue weighted by atomic mass is 79.9. The molecule has 1 heterocycles. The van der Waals surface area contributed by atoms with Crippen molar-refractivity contribution < 1.29 is 4.79 Å². The Bertz CT molecular complexity index is 401. The number of pyridine rings is 1. The van der Waals surface area contributed by atoms with Gasteiger partial charge in [-0.1, -0.05) is 25.7 Å². The SMILES string of the molecule is O=C(CC1CCCCCC1)Nc1ccncc1Br. The van der Waals surface area contributed by atoms with E-state index in [0.717, 1.165) is 10.2 Å². The fraction of sp³-hybridized carbons (Fsp3) is 0.571. The van der Waals surface area contributed by atoms with E-state index in [1.165, 1.54) is 38.5 Å². The number of nitrogens with zero attached hydrogens (tertiary/aromatic N) is 1. The molecule has 1 N–H and O–H groups in total. The van der Waals surface area contributed by atoms with Crippen molar-refractivity contribution >= 4 is 27.5 Å². The van der Waals surface area contributed by atoms with Gasteiger partial charge in [-0.3, -0.25) is 9.78 Å². The van der Waals surface area contributed by atoms with Crippen LogP contribution < -0.4 is 5.32 Å². The molecule has 0 saturated heterocycles. The van der Waals surface area contributed by atoms with Crippen LogP contribution in [0.5, 0.6) is 0 Å². The first-order chi connectivity index (χ1) is 8.75. The predicted molar refractivity (Wildman–Crippen MR) is 76.4 cm³/mol. The Morgan fingerprint density at radius 3 is 2.72 bits per heavy atom. The van der Waals surface area contributed by atoms with Crippen LogP contribution in [-0.2, 0) is 4.79 Å². The van der Waals surface area contributed by atoms with Crippen molar-refractivity contribution in [2.45, 2.75) is 44.9 Å². The van der Waals surface area contributed by atoms with Crippen LogP contribution in [-0.4, -0.2) is 10.9 Å². The van der Waals surface area contributed by atoms with E-state index in [2.05, 4.69) is 26.2 Å². The van der Waals surface area contributed by atoms with Crippen LogP contribution in [0, 0.1) is 5.92 Å². The largest absolute Gasteiger partial charge is 0.325 e. The second-order valence-corrected chi connectivity index (χ2v) is 5.82. The number of halogens is 1. The number of hydrogen-bond acceptors (Lipinski definition) is 2. The summed E-state index contributed by atoms with van der Waals surface area (Å²) in [5.74, 6) is 0.682. The fourth-order valence-electron chi connectivity index (χ4n) is 2.51. The van der Waals surface area contributed by atoms with Gasteiger partial charge in [0.1, 0.15) is 0 Å². The van der Waals surface area contributed by atoms with E-state index in [-0.39, 0.29) is 5.91 Å². The third-order valence-corrected chi connectivity index (χ3v) is 4.13. The lowest BCUT2D eigenvalue weighted by molar-refractivity contribution is -0.117. The van der Waals surface area contributed by atoms with Crippen molar-refractivity contribution in [3.8, 4) is 0 Å². The average molecular weight is 311 g/mol. The number of carbonyl (C=O) groups is 1. The molecule has 2 rings (SSSR count). The van der Waals surface area contributed by atoms with E-state index in [0.29, 0.717) is 12.3 Å². The number of nitrogens with one attached hydrogen (secondary N) is 1. The van der Waals surface area contributed by atoms with E-state index in [4.69, 9.17) is 0 Å². The molecule has 1 aliphatic rings. The number of amides is 1. The average Bonchev–Trinajstić information content (AvgIpc) is 2.61. The van der Waals surface area contributed by atoms with Gasteiger partial charge in [-0.2, -0.15) is 0 Å². The summed E-state index contributed by atoms with van der Waals surface area (Å²) in [4.78, 5) is 16.0. The minimum absolute atomic E-state index is 0.119. The molecule has 4 heteroatoms. The topological polar surface area (TPSA) is 42.0 Å². The molecule has 98 valence electrons. The molecule has 0 bridgehead atoms. The lowest BCUT2D eigenvalue weighted by atomic mass is 9.96. The molecule has 3 nitrogen and oxygen atoms in total. The molecule has 1 amide bonds. The highest BCUT2D eigenvalue weighted by Gasteiger charge is 2.16. The summed E-state index contributed by atoms with van der Waals surface area (Å²) in [5.41, 5.74) is 0.809. The van der Waals surface area contributed by atoms with Crippen LogP contribution in [0.4, 0.5) is 5.69 Å². The van der Waals surface area contributed by atoms with Crippen LogP contribution in [0.1, 0.15) is 44.9 Å². The molecule has 1 fully saturated rings. The van der Waals surface area contributed by atoms with Crippen LogP contribution >= 0.6 is 15.9 Å². The zero-order valence-corrected chi connectivity index (χ0v) is 12.1. The Balaban J connectivity index is 1.86. The van der Waals surface area contributed by atoms with E-state index >= 15 is 0 Å². The Labute approximate surface area is 117 Å². The van der Waals surface area contributed by atoms with Gasteiger partial charge in [-0.25, -0.2) is 0 Å². The molecular formula is C14H19BrN2O. The molecule has 1 aromatic rings. The number of aromatic nitrogens is 1. The fourth-order valence-corrected chi connectivity index (χ4v) is 2.86. The van der Waals surface area contributed by atoms with E-state index < -0.39 is 0 Å². The summed E-state index contributed by atoms with van der Waals surface area (Å²) in [7, 11) is 0. The first kappa shape index (κ1) is 13.5.